The Morgan fingerprint density at radius 2 is 1.94 bits per heavy atom. The molecule has 0 aromatic carbocycles. The number of carbonyl (C=O) groups excluding carboxylic acids is 1. The van der Waals surface area contributed by atoms with E-state index in [9.17, 15) is 15.0 Å². The van der Waals surface area contributed by atoms with E-state index in [4.69, 9.17) is 23.7 Å². The van der Waals surface area contributed by atoms with Crippen molar-refractivity contribution < 1.29 is 38.7 Å². The number of rotatable bonds is 3. The topological polar surface area (TPSA) is 104 Å². The monoisotopic (exact) mass is 504 g/mol. The van der Waals surface area contributed by atoms with Gasteiger partial charge < -0.3 is 33.9 Å². The maximum Gasteiger partial charge on any atom is 0.303 e. The molecule has 36 heavy (non-hydrogen) atoms. The number of esters is 1. The van der Waals surface area contributed by atoms with Crippen molar-refractivity contribution in [2.24, 2.45) is 28.6 Å². The summed E-state index contributed by atoms with van der Waals surface area (Å²) in [5.41, 5.74) is 1.82. The molecule has 0 bridgehead atoms. The van der Waals surface area contributed by atoms with Crippen LogP contribution in [0.5, 0.6) is 0 Å². The molecule has 3 aliphatic carbocycles. The predicted octanol–water partition coefficient (Wildman–Crippen LogP) is 3.21. The van der Waals surface area contributed by atoms with E-state index in [0.717, 1.165) is 31.3 Å². The quantitative estimate of drug-likeness (QED) is 0.446. The van der Waals surface area contributed by atoms with Crippen LogP contribution in [-0.4, -0.2) is 66.1 Å². The van der Waals surface area contributed by atoms with Crippen LogP contribution in [0.25, 0.3) is 0 Å². The van der Waals surface area contributed by atoms with Crippen LogP contribution in [0.1, 0.15) is 66.7 Å². The summed E-state index contributed by atoms with van der Waals surface area (Å²) in [7, 11) is 1.52. The molecule has 10 atom stereocenters. The van der Waals surface area contributed by atoms with Crippen molar-refractivity contribution in [3.63, 3.8) is 0 Å². The van der Waals surface area contributed by atoms with Crippen molar-refractivity contribution in [1.29, 1.82) is 0 Å². The molecular formula is C28H40O8. The Balaban J connectivity index is 1.51. The third-order valence-electron chi connectivity index (χ3n) is 10.5. The maximum absolute atomic E-state index is 12.3. The minimum atomic E-state index is -2.24. The molecule has 0 spiro atoms. The van der Waals surface area contributed by atoms with E-state index < -0.39 is 48.1 Å². The summed E-state index contributed by atoms with van der Waals surface area (Å²) in [4.78, 5) is 11.9. The lowest BCUT2D eigenvalue weighted by Gasteiger charge is -2.57. The van der Waals surface area contributed by atoms with Gasteiger partial charge in [0.25, 0.3) is 0 Å². The van der Waals surface area contributed by atoms with Crippen LogP contribution in [0.3, 0.4) is 0 Å². The average Bonchev–Trinajstić information content (AvgIpc) is 3.28. The fourth-order valence-corrected chi connectivity index (χ4v) is 8.63. The van der Waals surface area contributed by atoms with Gasteiger partial charge in [-0.3, -0.25) is 4.79 Å². The lowest BCUT2D eigenvalue weighted by atomic mass is 9.52. The van der Waals surface area contributed by atoms with Gasteiger partial charge in [0.2, 0.25) is 5.79 Å². The Hall–Kier alpha value is -1.29. The highest BCUT2D eigenvalue weighted by Crippen LogP contribution is 2.68. The maximum atomic E-state index is 12.3. The van der Waals surface area contributed by atoms with Crippen molar-refractivity contribution in [3.05, 3.63) is 22.8 Å². The Morgan fingerprint density at radius 3 is 2.61 bits per heavy atom. The minimum Gasteiger partial charge on any atom is -0.454 e. The van der Waals surface area contributed by atoms with Gasteiger partial charge in [-0.1, -0.05) is 44.9 Å². The molecule has 0 aromatic heterocycles. The summed E-state index contributed by atoms with van der Waals surface area (Å²) in [5, 5.41) is 24.3. The van der Waals surface area contributed by atoms with Crippen LogP contribution in [0.2, 0.25) is 0 Å². The van der Waals surface area contributed by atoms with Crippen molar-refractivity contribution >= 4 is 5.97 Å². The molecule has 1 saturated carbocycles. The van der Waals surface area contributed by atoms with Crippen LogP contribution in [0.15, 0.2) is 22.8 Å². The number of hydrogen-bond acceptors (Lipinski definition) is 8. The zero-order valence-electron chi connectivity index (χ0n) is 22.2. The van der Waals surface area contributed by atoms with Crippen LogP contribution < -0.4 is 0 Å². The molecule has 2 N–H and O–H groups in total. The number of carbonyl (C=O) groups is 1. The number of hydrogen-bond donors (Lipinski definition) is 2. The summed E-state index contributed by atoms with van der Waals surface area (Å²) < 4.78 is 29.8. The summed E-state index contributed by atoms with van der Waals surface area (Å²) >= 11 is 0. The fraction of sp³-hybridized carbons (Fsp3) is 0.821. The lowest BCUT2D eigenvalue weighted by molar-refractivity contribution is -0.440. The molecule has 8 nitrogen and oxygen atoms in total. The second-order valence-electron chi connectivity index (χ2n) is 12.7. The molecule has 1 unspecified atom stereocenters. The SMILES string of the molecule is CO[C@@H]1O[C@@]2(O)[C@H](OC(C)=O)CO[C@H]3O[C@H]4[C@@H](C1=CC[C@@H]1C5=C(C(C)C)CC[C@]5(C)CC[C@]14C)C32O. The van der Waals surface area contributed by atoms with Crippen LogP contribution in [0.4, 0.5) is 0 Å². The van der Waals surface area contributed by atoms with Gasteiger partial charge in [0, 0.05) is 19.4 Å². The normalized spacial score (nSPS) is 51.3. The Labute approximate surface area is 212 Å². The molecule has 3 aliphatic heterocycles. The summed E-state index contributed by atoms with van der Waals surface area (Å²) in [6.07, 6.45) is 3.58. The summed E-state index contributed by atoms with van der Waals surface area (Å²) in [5.74, 6) is -2.76. The number of methoxy groups -OCH3 is 1. The van der Waals surface area contributed by atoms with E-state index in [1.165, 1.54) is 20.5 Å². The second-order valence-corrected chi connectivity index (χ2v) is 12.7. The molecule has 8 heteroatoms. The Morgan fingerprint density at radius 1 is 1.19 bits per heavy atom. The number of ether oxygens (including phenoxy) is 5. The first-order valence-electron chi connectivity index (χ1n) is 13.4. The van der Waals surface area contributed by atoms with Crippen LogP contribution in [0, 0.1) is 28.6 Å². The molecule has 3 heterocycles. The molecule has 3 saturated heterocycles. The Bertz CT molecular complexity index is 1030. The van der Waals surface area contributed by atoms with Gasteiger partial charge in [-0.2, -0.15) is 0 Å². The third-order valence-corrected chi connectivity index (χ3v) is 10.5. The molecular weight excluding hydrogens is 464 g/mol. The van der Waals surface area contributed by atoms with Gasteiger partial charge in [-0.15, -0.1) is 0 Å². The molecule has 6 aliphatic rings. The van der Waals surface area contributed by atoms with Gasteiger partial charge in [-0.05, 0) is 54.9 Å². The molecule has 0 amide bonds. The minimum absolute atomic E-state index is 0.154. The lowest BCUT2D eigenvalue weighted by Crippen LogP contribution is -2.77. The van der Waals surface area contributed by atoms with Crippen molar-refractivity contribution in [2.45, 2.75) is 103 Å². The first kappa shape index (κ1) is 25.0. The smallest absolute Gasteiger partial charge is 0.303 e. The fourth-order valence-electron chi connectivity index (χ4n) is 8.63. The standard InChI is InChI=1S/C28H40O8/c1-14(2)16-9-10-25(4)11-12-26(5)18(20(16)25)8-7-17-21-22(26)35-24-27(21,30)28(31,36-23(17)32-6)19(13-33-24)34-15(3)29/h7,14,18-19,21-24,30-31H,8-13H2,1-6H3/t18-,19-,21-,22+,23-,24+,25-,26-,27?,28+/m1/s1. The van der Waals surface area contributed by atoms with Gasteiger partial charge >= 0.3 is 5.97 Å². The van der Waals surface area contributed by atoms with E-state index in [1.807, 2.05) is 0 Å². The molecule has 0 radical (unpaired) electrons. The third kappa shape index (κ3) is 2.94. The van der Waals surface area contributed by atoms with Crippen LogP contribution >= 0.6 is 0 Å². The number of allylic oxidation sites excluding steroid dienone is 3. The predicted molar refractivity (Wildman–Crippen MR) is 128 cm³/mol. The van der Waals surface area contributed by atoms with Crippen LogP contribution in [-0.2, 0) is 28.5 Å². The largest absolute Gasteiger partial charge is 0.454 e. The molecule has 4 fully saturated rings. The number of aliphatic hydroxyl groups is 2. The highest BCUT2D eigenvalue weighted by atomic mass is 16.8. The summed E-state index contributed by atoms with van der Waals surface area (Å²) in [6.45, 7) is 10.4. The molecule has 0 aromatic rings. The van der Waals surface area contributed by atoms with E-state index in [2.05, 4.69) is 33.8 Å². The first-order valence-corrected chi connectivity index (χ1v) is 13.4. The number of fused-ring (bicyclic) bond motifs is 4. The van der Waals surface area contributed by atoms with Crippen molar-refractivity contribution in [3.8, 4) is 0 Å². The van der Waals surface area contributed by atoms with Gasteiger partial charge in [0.1, 0.15) is 0 Å². The highest BCUT2D eigenvalue weighted by molar-refractivity contribution is 5.66. The zero-order valence-corrected chi connectivity index (χ0v) is 22.2. The second kappa shape index (κ2) is 7.87. The van der Waals surface area contributed by atoms with Gasteiger partial charge in [0.05, 0.1) is 18.6 Å². The summed E-state index contributed by atoms with van der Waals surface area (Å²) in [6, 6.07) is 0. The van der Waals surface area contributed by atoms with Crippen molar-refractivity contribution in [2.75, 3.05) is 13.7 Å². The van der Waals surface area contributed by atoms with E-state index >= 15 is 0 Å². The van der Waals surface area contributed by atoms with Crippen molar-refractivity contribution in [1.82, 2.24) is 0 Å². The Kier molecular flexibility index (Phi) is 5.47. The molecule has 6 rings (SSSR count). The van der Waals surface area contributed by atoms with E-state index in [0.29, 0.717) is 5.92 Å². The van der Waals surface area contributed by atoms with Gasteiger partial charge in [0.15, 0.2) is 24.3 Å². The average molecular weight is 505 g/mol. The molecule has 200 valence electrons. The zero-order chi connectivity index (χ0) is 25.8. The van der Waals surface area contributed by atoms with Gasteiger partial charge in [-0.25, -0.2) is 0 Å². The first-order chi connectivity index (χ1) is 16.9. The highest BCUT2D eigenvalue weighted by Gasteiger charge is 2.80. The van der Waals surface area contributed by atoms with E-state index in [-0.39, 0.29) is 23.4 Å². The van der Waals surface area contributed by atoms with E-state index in [1.54, 1.807) is 11.1 Å².